The fraction of sp³-hybridized carbons (Fsp3) is 0.333. The van der Waals surface area contributed by atoms with Crippen LogP contribution in [0, 0.1) is 0 Å². The molecule has 0 aromatic rings. The van der Waals surface area contributed by atoms with Gasteiger partial charge in [0.2, 0.25) is 0 Å². The van der Waals surface area contributed by atoms with Crippen molar-refractivity contribution in [2.24, 2.45) is 0 Å². The lowest BCUT2D eigenvalue weighted by molar-refractivity contribution is 1.65. The molecule has 7 heteroatoms. The van der Waals surface area contributed by atoms with Crippen molar-refractivity contribution in [1.82, 2.24) is 0 Å². The second kappa shape index (κ2) is 4.60. The summed E-state index contributed by atoms with van der Waals surface area (Å²) in [5, 5.41) is 0.667. The van der Waals surface area contributed by atoms with Crippen LogP contribution < -0.4 is 0 Å². The molecule has 0 unspecified atom stereocenters. The van der Waals surface area contributed by atoms with Crippen LogP contribution in [0.1, 0.15) is 0 Å². The summed E-state index contributed by atoms with van der Waals surface area (Å²) in [4.78, 5) is 0. The molecule has 0 saturated heterocycles. The van der Waals surface area contributed by atoms with Gasteiger partial charge in [0.25, 0.3) is 0 Å². The largest absolute Gasteiger partial charge is 0.344 e. The average Bonchev–Trinajstić information content (AvgIpc) is 1.60. The van der Waals surface area contributed by atoms with E-state index in [1.165, 1.54) is 0 Å². The first kappa shape index (κ1) is 11.6. The molecule has 0 amide bonds. The van der Waals surface area contributed by atoms with Gasteiger partial charge in [-0.15, -0.1) is 62.0 Å². The van der Waals surface area contributed by atoms with Crippen LogP contribution in [-0.4, -0.2) is 13.4 Å². The predicted octanol–water partition coefficient (Wildman–Crippen LogP) is 3.70. The number of hydrogen-bond donors (Lipinski definition) is 0. The third kappa shape index (κ3) is 6.34. The maximum atomic E-state index is 5.58. The summed E-state index contributed by atoms with van der Waals surface area (Å²) in [6, 6.07) is -2.25. The first-order chi connectivity index (χ1) is 4.33. The molecule has 10 heavy (non-hydrogen) atoms. The van der Waals surface area contributed by atoms with Crippen molar-refractivity contribution in [3.8, 4) is 0 Å². The molecule has 0 spiro atoms. The quantitative estimate of drug-likeness (QED) is 0.543. The summed E-state index contributed by atoms with van der Waals surface area (Å²) >= 11 is 27.8. The van der Waals surface area contributed by atoms with Crippen LogP contribution in [0.2, 0.25) is 6.04 Å². The maximum Gasteiger partial charge on any atom is 0.344 e. The topological polar surface area (TPSA) is 0 Å². The molecule has 0 aliphatic carbocycles. The van der Waals surface area contributed by atoms with Crippen molar-refractivity contribution in [3.05, 3.63) is 11.8 Å². The first-order valence-electron chi connectivity index (χ1n) is 2.26. The molecule has 0 aromatic carbocycles. The van der Waals surface area contributed by atoms with E-state index in [9.17, 15) is 0 Å². The van der Waals surface area contributed by atoms with Crippen molar-refractivity contribution >= 4 is 68.8 Å². The Kier molecular flexibility index (Phi) is 5.35. The monoisotopic (exact) mass is 271 g/mol. The third-order valence-corrected chi connectivity index (χ3v) is 5.38. The van der Waals surface area contributed by atoms with E-state index < -0.39 is 13.4 Å². The number of halogens is 5. The zero-order valence-corrected chi connectivity index (χ0v) is 10.6. The Morgan fingerprint density at radius 2 is 1.70 bits per heavy atom. The van der Waals surface area contributed by atoms with Crippen LogP contribution in [0.3, 0.4) is 0 Å². The Morgan fingerprint density at radius 1 is 1.30 bits per heavy atom. The molecule has 0 heterocycles. The third-order valence-electron chi connectivity index (χ3n) is 0.681. The molecular formula is C3H4Cl5Si2. The summed E-state index contributed by atoms with van der Waals surface area (Å²) in [6.07, 6.45) is 0. The van der Waals surface area contributed by atoms with Gasteiger partial charge in [0.05, 0.1) is 0 Å². The highest BCUT2D eigenvalue weighted by atomic mass is 35.8. The molecule has 0 aliphatic rings. The zero-order chi connectivity index (χ0) is 8.36. The number of rotatable bonds is 3. The molecule has 0 bridgehead atoms. The van der Waals surface area contributed by atoms with E-state index in [-0.39, 0.29) is 0 Å². The lowest BCUT2D eigenvalue weighted by Crippen LogP contribution is -2.13. The lowest BCUT2D eigenvalue weighted by atomic mass is 10.7. The van der Waals surface area contributed by atoms with E-state index in [0.29, 0.717) is 11.2 Å². The van der Waals surface area contributed by atoms with E-state index in [1.807, 2.05) is 0 Å². The standard InChI is InChI=1S/C3H4Cl5Si2/c1-3(9(4)5)2-10(6,7)8/h1-2H2. The van der Waals surface area contributed by atoms with Gasteiger partial charge in [0.15, 0.2) is 0 Å². The Morgan fingerprint density at radius 3 is 1.80 bits per heavy atom. The molecule has 0 fully saturated rings. The van der Waals surface area contributed by atoms with Gasteiger partial charge in [0, 0.05) is 6.04 Å². The molecule has 0 aromatic heterocycles. The van der Waals surface area contributed by atoms with Crippen LogP contribution in [0.15, 0.2) is 11.8 Å². The Bertz CT molecular complexity index is 127. The minimum absolute atomic E-state index is 0.360. The minimum Gasteiger partial charge on any atom is -0.141 e. The van der Waals surface area contributed by atoms with E-state index >= 15 is 0 Å². The average molecular weight is 274 g/mol. The van der Waals surface area contributed by atoms with Gasteiger partial charge in [-0.2, -0.15) is 0 Å². The predicted molar refractivity (Wildman–Crippen MR) is 54.7 cm³/mol. The molecule has 0 saturated carbocycles. The van der Waals surface area contributed by atoms with Crippen molar-refractivity contribution < 1.29 is 0 Å². The second-order valence-corrected chi connectivity index (χ2v) is 14.9. The van der Waals surface area contributed by atoms with Crippen molar-refractivity contribution in [2.45, 2.75) is 6.04 Å². The van der Waals surface area contributed by atoms with E-state index in [4.69, 9.17) is 55.4 Å². The highest BCUT2D eigenvalue weighted by Crippen LogP contribution is 2.30. The highest BCUT2D eigenvalue weighted by Gasteiger charge is 2.28. The van der Waals surface area contributed by atoms with Gasteiger partial charge in [-0.3, -0.25) is 0 Å². The molecule has 0 nitrogen and oxygen atoms in total. The van der Waals surface area contributed by atoms with Crippen LogP contribution in [-0.2, 0) is 0 Å². The molecular weight excluding hydrogens is 269 g/mol. The van der Waals surface area contributed by atoms with Crippen LogP contribution in [0.4, 0.5) is 0 Å². The fourth-order valence-electron chi connectivity index (χ4n) is 0.309. The van der Waals surface area contributed by atoms with Crippen molar-refractivity contribution in [2.75, 3.05) is 0 Å². The van der Waals surface area contributed by atoms with E-state index in [1.54, 1.807) is 0 Å². The number of allylic oxidation sites excluding steroid dienone is 1. The van der Waals surface area contributed by atoms with Crippen molar-refractivity contribution in [1.29, 1.82) is 0 Å². The molecule has 59 valence electrons. The van der Waals surface area contributed by atoms with E-state index in [0.717, 1.165) is 0 Å². The van der Waals surface area contributed by atoms with Gasteiger partial charge in [0.1, 0.15) is 0 Å². The Hall–Kier alpha value is 1.62. The van der Waals surface area contributed by atoms with Gasteiger partial charge in [-0.1, -0.05) is 5.20 Å². The molecule has 1 radical (unpaired) electrons. The Labute approximate surface area is 86.2 Å². The molecule has 0 atom stereocenters. The van der Waals surface area contributed by atoms with Crippen LogP contribution >= 0.6 is 55.4 Å². The minimum atomic E-state index is -2.61. The van der Waals surface area contributed by atoms with Gasteiger partial charge < -0.3 is 0 Å². The van der Waals surface area contributed by atoms with Gasteiger partial charge in [-0.25, -0.2) is 0 Å². The molecule has 0 aliphatic heterocycles. The summed E-state index contributed by atoms with van der Waals surface area (Å²) in [6.45, 7) is 3.60. The summed E-state index contributed by atoms with van der Waals surface area (Å²) in [5.41, 5.74) is 0. The van der Waals surface area contributed by atoms with E-state index in [2.05, 4.69) is 6.58 Å². The zero-order valence-electron chi connectivity index (χ0n) is 4.80. The number of hydrogen-bond acceptors (Lipinski definition) is 0. The Balaban J connectivity index is 3.81. The smallest absolute Gasteiger partial charge is 0.141 e. The summed E-state index contributed by atoms with van der Waals surface area (Å²) < 4.78 is 0. The van der Waals surface area contributed by atoms with Crippen molar-refractivity contribution in [3.63, 3.8) is 0 Å². The second-order valence-electron chi connectivity index (χ2n) is 1.66. The van der Waals surface area contributed by atoms with Gasteiger partial charge >= 0.3 is 13.4 Å². The lowest BCUT2D eigenvalue weighted by Gasteiger charge is -2.08. The summed E-state index contributed by atoms with van der Waals surface area (Å²) in [7, 11) is -1.51. The maximum absolute atomic E-state index is 5.58. The molecule has 0 rings (SSSR count). The van der Waals surface area contributed by atoms with Crippen LogP contribution in [0.5, 0.6) is 0 Å². The first-order valence-corrected chi connectivity index (χ1v) is 11.0. The molecule has 0 N–H and O–H groups in total. The highest BCUT2D eigenvalue weighted by molar-refractivity contribution is 7.65. The fourth-order valence-corrected chi connectivity index (χ4v) is 5.79. The van der Waals surface area contributed by atoms with Crippen LogP contribution in [0.25, 0.3) is 0 Å². The van der Waals surface area contributed by atoms with Gasteiger partial charge in [-0.05, 0) is 0 Å². The summed E-state index contributed by atoms with van der Waals surface area (Å²) in [5.74, 6) is 0. The normalized spacial score (nSPS) is 12.2. The SMILES string of the molecule is C=C(C[Si](Cl)(Cl)Cl)[Si](Cl)Cl.